The maximum Gasteiger partial charge on any atom is 0.307 e. The van der Waals surface area contributed by atoms with Crippen LogP contribution in [0.2, 0.25) is 0 Å². The lowest BCUT2D eigenvalue weighted by molar-refractivity contribution is -0.146. The Hall–Kier alpha value is -1.48. The van der Waals surface area contributed by atoms with E-state index in [-0.39, 0.29) is 5.97 Å². The van der Waals surface area contributed by atoms with E-state index in [1.165, 1.54) is 32.1 Å². The second kappa shape index (κ2) is 14.9. The average molecular weight is 291 g/mol. The largest absolute Gasteiger partial charge is 0.449 e. The van der Waals surface area contributed by atoms with Gasteiger partial charge in [-0.3, -0.25) is 4.79 Å². The van der Waals surface area contributed by atoms with Crippen LogP contribution >= 0.6 is 0 Å². The van der Waals surface area contributed by atoms with Gasteiger partial charge < -0.3 is 4.74 Å². The van der Waals surface area contributed by atoms with Gasteiger partial charge in [0.25, 0.3) is 0 Å². The highest BCUT2D eigenvalue weighted by Gasteiger charge is 2.10. The van der Waals surface area contributed by atoms with Crippen LogP contribution < -0.4 is 0 Å². The molecule has 1 atom stereocenters. The van der Waals surface area contributed by atoms with Crippen LogP contribution in [-0.4, -0.2) is 12.1 Å². The fourth-order valence-corrected chi connectivity index (χ4v) is 1.96. The van der Waals surface area contributed by atoms with E-state index >= 15 is 0 Å². The number of rotatable bonds is 11. The normalized spacial score (nSPS) is 11.1. The molecule has 3 heteroatoms. The molecule has 0 amide bonds. The van der Waals surface area contributed by atoms with Crippen molar-refractivity contribution in [3.05, 3.63) is 0 Å². The van der Waals surface area contributed by atoms with Crippen molar-refractivity contribution in [3.63, 3.8) is 0 Å². The second-order valence-corrected chi connectivity index (χ2v) is 5.26. The number of ether oxygens (including phenoxy) is 1. The van der Waals surface area contributed by atoms with Crippen LogP contribution in [0.4, 0.5) is 0 Å². The minimum absolute atomic E-state index is 0.214. The van der Waals surface area contributed by atoms with Crippen LogP contribution in [0.15, 0.2) is 0 Å². The Morgan fingerprint density at radius 2 is 1.76 bits per heavy atom. The molecule has 0 N–H and O–H groups in total. The van der Waals surface area contributed by atoms with Gasteiger partial charge in [0.1, 0.15) is 0 Å². The number of hydrogen-bond acceptors (Lipinski definition) is 3. The van der Waals surface area contributed by atoms with Gasteiger partial charge in [-0.2, -0.15) is 5.26 Å². The molecule has 0 aliphatic rings. The van der Waals surface area contributed by atoms with Gasteiger partial charge in [-0.1, -0.05) is 57.8 Å². The standard InChI is InChI=1S/C18H29NO2/c1-3-5-6-7-8-9-10-11-14-17(15-12-16-19)21-18(20)13-4-2/h17H,3-10,12-13,15H2,1-2H3/t17-/m0/s1. The molecule has 0 rings (SSSR count). The summed E-state index contributed by atoms with van der Waals surface area (Å²) < 4.78 is 5.29. The van der Waals surface area contributed by atoms with Gasteiger partial charge in [0.15, 0.2) is 6.10 Å². The fourth-order valence-electron chi connectivity index (χ4n) is 1.96. The first-order valence-corrected chi connectivity index (χ1v) is 8.29. The maximum absolute atomic E-state index is 11.5. The van der Waals surface area contributed by atoms with Crippen molar-refractivity contribution in [1.82, 2.24) is 0 Å². The van der Waals surface area contributed by atoms with E-state index in [9.17, 15) is 4.79 Å². The summed E-state index contributed by atoms with van der Waals surface area (Å²) in [5.74, 6) is 5.88. The molecule has 0 fully saturated rings. The van der Waals surface area contributed by atoms with Gasteiger partial charge in [0.05, 0.1) is 6.07 Å². The summed E-state index contributed by atoms with van der Waals surface area (Å²) in [7, 11) is 0. The summed E-state index contributed by atoms with van der Waals surface area (Å²) in [6, 6.07) is 2.07. The van der Waals surface area contributed by atoms with Gasteiger partial charge in [-0.25, -0.2) is 0 Å². The number of unbranched alkanes of at least 4 members (excludes halogenated alkanes) is 6. The molecule has 118 valence electrons. The lowest BCUT2D eigenvalue weighted by Gasteiger charge is -2.10. The van der Waals surface area contributed by atoms with Crippen LogP contribution in [0.3, 0.4) is 0 Å². The predicted octanol–water partition coefficient (Wildman–Crippen LogP) is 4.76. The zero-order valence-electron chi connectivity index (χ0n) is 13.6. The monoisotopic (exact) mass is 291 g/mol. The fraction of sp³-hybridized carbons (Fsp3) is 0.778. The van der Waals surface area contributed by atoms with Crippen molar-refractivity contribution >= 4 is 5.97 Å². The predicted molar refractivity (Wildman–Crippen MR) is 85.4 cm³/mol. The van der Waals surface area contributed by atoms with Crippen LogP contribution in [0, 0.1) is 23.2 Å². The summed E-state index contributed by atoms with van der Waals surface area (Å²) in [5, 5.41) is 8.63. The Labute approximate surface area is 130 Å². The van der Waals surface area contributed by atoms with Crippen molar-refractivity contribution in [2.45, 2.75) is 90.6 Å². The summed E-state index contributed by atoms with van der Waals surface area (Å²) in [4.78, 5) is 11.5. The third-order valence-electron chi connectivity index (χ3n) is 3.16. The van der Waals surface area contributed by atoms with Crippen molar-refractivity contribution in [2.24, 2.45) is 0 Å². The lowest BCUT2D eigenvalue weighted by Crippen LogP contribution is -2.16. The highest BCUT2D eigenvalue weighted by Crippen LogP contribution is 2.07. The molecule has 0 heterocycles. The summed E-state index contributed by atoms with van der Waals surface area (Å²) >= 11 is 0. The molecule has 0 radical (unpaired) electrons. The SMILES string of the molecule is CCCCCCCCC#C[C@@H](CCC#N)OC(=O)CCC. The van der Waals surface area contributed by atoms with E-state index in [0.717, 1.165) is 19.3 Å². The van der Waals surface area contributed by atoms with Gasteiger partial charge in [-0.15, -0.1) is 0 Å². The van der Waals surface area contributed by atoms with Gasteiger partial charge in [-0.05, 0) is 12.8 Å². The summed E-state index contributed by atoms with van der Waals surface area (Å²) in [5.41, 5.74) is 0. The molecule has 0 aliphatic carbocycles. The van der Waals surface area contributed by atoms with Crippen molar-refractivity contribution in [3.8, 4) is 17.9 Å². The topological polar surface area (TPSA) is 50.1 Å². The van der Waals surface area contributed by atoms with E-state index in [2.05, 4.69) is 24.8 Å². The molecule has 0 aromatic carbocycles. The van der Waals surface area contributed by atoms with E-state index in [1.807, 2.05) is 6.92 Å². The first kappa shape index (κ1) is 19.5. The number of hydrogen-bond donors (Lipinski definition) is 0. The molecule has 0 aromatic heterocycles. The maximum atomic E-state index is 11.5. The van der Waals surface area contributed by atoms with Crippen LogP contribution in [0.5, 0.6) is 0 Å². The smallest absolute Gasteiger partial charge is 0.307 e. The third-order valence-corrected chi connectivity index (χ3v) is 3.16. The molecule has 0 spiro atoms. The Morgan fingerprint density at radius 1 is 1.05 bits per heavy atom. The van der Waals surface area contributed by atoms with Gasteiger partial charge >= 0.3 is 5.97 Å². The van der Waals surface area contributed by atoms with Crippen LogP contribution in [0.1, 0.15) is 84.5 Å². The third kappa shape index (κ3) is 13.3. The first-order chi connectivity index (χ1) is 10.2. The summed E-state index contributed by atoms with van der Waals surface area (Å²) in [6.45, 7) is 4.16. The van der Waals surface area contributed by atoms with E-state index in [4.69, 9.17) is 10.00 Å². The molecule has 0 saturated carbocycles. The van der Waals surface area contributed by atoms with Crippen LogP contribution in [-0.2, 0) is 9.53 Å². The minimum atomic E-state index is -0.413. The van der Waals surface area contributed by atoms with Gasteiger partial charge in [0.2, 0.25) is 0 Å². The highest BCUT2D eigenvalue weighted by atomic mass is 16.5. The van der Waals surface area contributed by atoms with Crippen LogP contribution in [0.25, 0.3) is 0 Å². The number of carbonyl (C=O) groups excluding carboxylic acids is 1. The Bertz CT molecular complexity index is 360. The number of nitrogens with zero attached hydrogens (tertiary/aromatic N) is 1. The van der Waals surface area contributed by atoms with Crippen molar-refractivity contribution < 1.29 is 9.53 Å². The molecule has 0 bridgehead atoms. The van der Waals surface area contributed by atoms with E-state index in [0.29, 0.717) is 19.3 Å². The molecular weight excluding hydrogens is 262 g/mol. The van der Waals surface area contributed by atoms with E-state index < -0.39 is 6.10 Å². The average Bonchev–Trinajstić information content (AvgIpc) is 2.47. The minimum Gasteiger partial charge on any atom is -0.449 e. The Kier molecular flexibility index (Phi) is 13.9. The molecule has 21 heavy (non-hydrogen) atoms. The van der Waals surface area contributed by atoms with Crippen molar-refractivity contribution in [2.75, 3.05) is 0 Å². The Morgan fingerprint density at radius 3 is 2.43 bits per heavy atom. The van der Waals surface area contributed by atoms with E-state index in [1.54, 1.807) is 0 Å². The lowest BCUT2D eigenvalue weighted by atomic mass is 10.1. The zero-order valence-corrected chi connectivity index (χ0v) is 13.6. The summed E-state index contributed by atoms with van der Waals surface area (Å²) in [6.07, 6.45) is 9.99. The second-order valence-electron chi connectivity index (χ2n) is 5.26. The number of nitriles is 1. The highest BCUT2D eigenvalue weighted by molar-refractivity contribution is 5.69. The molecule has 0 aromatic rings. The zero-order chi connectivity index (χ0) is 15.8. The van der Waals surface area contributed by atoms with Gasteiger partial charge in [0, 0.05) is 25.7 Å². The number of carbonyl (C=O) groups is 1. The molecular formula is C18H29NO2. The first-order valence-electron chi connectivity index (χ1n) is 8.29. The number of esters is 1. The quantitative estimate of drug-likeness (QED) is 0.313. The Balaban J connectivity index is 3.96. The molecule has 0 unspecified atom stereocenters. The molecule has 0 aliphatic heterocycles. The van der Waals surface area contributed by atoms with Crippen molar-refractivity contribution in [1.29, 1.82) is 5.26 Å². The molecule has 0 saturated heterocycles. The molecule has 3 nitrogen and oxygen atoms in total.